The number of rotatable bonds is 4. The van der Waals surface area contributed by atoms with Crippen LogP contribution in [0.1, 0.15) is 40.5 Å². The van der Waals surface area contributed by atoms with E-state index in [0.29, 0.717) is 31.2 Å². The molecule has 1 aliphatic heterocycles. The van der Waals surface area contributed by atoms with Gasteiger partial charge in [-0.15, -0.1) is 0 Å². The lowest BCUT2D eigenvalue weighted by atomic mass is 10.1. The van der Waals surface area contributed by atoms with Crippen molar-refractivity contribution in [2.45, 2.75) is 39.7 Å². The number of amides is 1. The Kier molecular flexibility index (Phi) is 4.52. The van der Waals surface area contributed by atoms with E-state index in [0.717, 1.165) is 22.3 Å². The third-order valence-corrected chi connectivity index (χ3v) is 5.13. The number of aromatic nitrogens is 2. The molecule has 0 radical (unpaired) electrons. The second-order valence-electron chi connectivity index (χ2n) is 7.44. The summed E-state index contributed by atoms with van der Waals surface area (Å²) < 4.78 is 5.52. The van der Waals surface area contributed by atoms with Crippen molar-refractivity contribution in [3.8, 4) is 11.4 Å². The highest BCUT2D eigenvalue weighted by molar-refractivity contribution is 5.79. The Balaban J connectivity index is 1.50. The quantitative estimate of drug-likeness (QED) is 0.699. The van der Waals surface area contributed by atoms with Crippen LogP contribution in [0.4, 0.5) is 0 Å². The maximum Gasteiger partial charge on any atom is 0.232 e. The van der Waals surface area contributed by atoms with Crippen LogP contribution in [0.15, 0.2) is 47.0 Å². The summed E-state index contributed by atoms with van der Waals surface area (Å²) in [5.41, 5.74) is 5.59. The molecule has 0 N–H and O–H groups in total. The topological polar surface area (TPSA) is 59.2 Å². The van der Waals surface area contributed by atoms with E-state index in [1.165, 1.54) is 5.56 Å². The van der Waals surface area contributed by atoms with E-state index in [1.54, 1.807) is 0 Å². The first kappa shape index (κ1) is 17.5. The normalized spacial score (nSPS) is 16.9. The fraction of sp³-hybridized carbons (Fsp3) is 0.318. The minimum absolute atomic E-state index is 0.0469. The van der Waals surface area contributed by atoms with E-state index in [2.05, 4.69) is 59.5 Å². The van der Waals surface area contributed by atoms with Gasteiger partial charge in [0.1, 0.15) is 0 Å². The van der Waals surface area contributed by atoms with Gasteiger partial charge in [-0.2, -0.15) is 4.98 Å². The molecule has 4 rings (SSSR count). The predicted molar refractivity (Wildman–Crippen MR) is 103 cm³/mol. The lowest BCUT2D eigenvalue weighted by Gasteiger charge is -2.16. The molecule has 2 heterocycles. The smallest absolute Gasteiger partial charge is 0.232 e. The van der Waals surface area contributed by atoms with Crippen molar-refractivity contribution in [1.29, 1.82) is 0 Å². The molecular formula is C22H23N3O2. The highest BCUT2D eigenvalue weighted by atomic mass is 16.5. The van der Waals surface area contributed by atoms with Crippen molar-refractivity contribution in [3.05, 3.63) is 70.6 Å². The van der Waals surface area contributed by atoms with Crippen molar-refractivity contribution >= 4 is 5.91 Å². The molecule has 27 heavy (non-hydrogen) atoms. The van der Waals surface area contributed by atoms with E-state index >= 15 is 0 Å². The summed E-state index contributed by atoms with van der Waals surface area (Å²) >= 11 is 0. The van der Waals surface area contributed by atoms with Crippen LogP contribution in [0.25, 0.3) is 11.4 Å². The maximum atomic E-state index is 12.4. The van der Waals surface area contributed by atoms with E-state index in [-0.39, 0.29) is 11.8 Å². The molecule has 3 aromatic rings. The van der Waals surface area contributed by atoms with Gasteiger partial charge in [0.15, 0.2) is 0 Å². The summed E-state index contributed by atoms with van der Waals surface area (Å²) in [6.45, 7) is 7.37. The Morgan fingerprint density at radius 2 is 1.81 bits per heavy atom. The molecule has 1 amide bonds. The zero-order valence-corrected chi connectivity index (χ0v) is 15.9. The average molecular weight is 361 g/mol. The molecule has 0 saturated carbocycles. The van der Waals surface area contributed by atoms with E-state index in [4.69, 9.17) is 4.52 Å². The number of carbonyl (C=O) groups is 1. The Labute approximate surface area is 159 Å². The molecule has 1 saturated heterocycles. The molecule has 0 bridgehead atoms. The number of hydrogen-bond donors (Lipinski definition) is 0. The highest BCUT2D eigenvalue weighted by Crippen LogP contribution is 2.30. The van der Waals surface area contributed by atoms with Crippen LogP contribution in [0.2, 0.25) is 0 Å². The Bertz CT molecular complexity index is 975. The highest BCUT2D eigenvalue weighted by Gasteiger charge is 2.34. The van der Waals surface area contributed by atoms with E-state index in [1.807, 2.05) is 18.7 Å². The van der Waals surface area contributed by atoms with Gasteiger partial charge in [-0.3, -0.25) is 4.79 Å². The van der Waals surface area contributed by atoms with Gasteiger partial charge in [0.05, 0.1) is 5.92 Å². The molecule has 5 heteroatoms. The van der Waals surface area contributed by atoms with Crippen LogP contribution < -0.4 is 0 Å². The molecule has 1 aliphatic rings. The van der Waals surface area contributed by atoms with Crippen LogP contribution in [0.3, 0.4) is 0 Å². The van der Waals surface area contributed by atoms with Gasteiger partial charge in [0, 0.05) is 25.1 Å². The number of benzene rings is 2. The summed E-state index contributed by atoms with van der Waals surface area (Å²) in [5.74, 6) is 1.22. The fourth-order valence-corrected chi connectivity index (χ4v) is 3.49. The third kappa shape index (κ3) is 3.63. The van der Waals surface area contributed by atoms with Gasteiger partial charge in [0.25, 0.3) is 0 Å². The SMILES string of the molecule is Cc1ccc(CN2CC(c3nc(-c4cc(C)ccc4C)no3)CC2=O)cc1. The Morgan fingerprint density at radius 3 is 2.59 bits per heavy atom. The van der Waals surface area contributed by atoms with Crippen LogP contribution >= 0.6 is 0 Å². The Hall–Kier alpha value is -2.95. The lowest BCUT2D eigenvalue weighted by molar-refractivity contribution is -0.128. The Morgan fingerprint density at radius 1 is 1.07 bits per heavy atom. The molecule has 0 aliphatic carbocycles. The van der Waals surface area contributed by atoms with E-state index < -0.39 is 0 Å². The summed E-state index contributed by atoms with van der Waals surface area (Å²) in [5, 5.41) is 4.16. The largest absolute Gasteiger partial charge is 0.339 e. The average Bonchev–Trinajstić information content (AvgIpc) is 3.26. The second kappa shape index (κ2) is 6.99. The minimum Gasteiger partial charge on any atom is -0.339 e. The van der Waals surface area contributed by atoms with Gasteiger partial charge in [-0.05, 0) is 38.0 Å². The molecule has 1 fully saturated rings. The number of aryl methyl sites for hydroxylation is 3. The molecule has 1 aromatic heterocycles. The van der Waals surface area contributed by atoms with Crippen molar-refractivity contribution in [2.75, 3.05) is 6.54 Å². The maximum absolute atomic E-state index is 12.4. The monoisotopic (exact) mass is 361 g/mol. The summed E-state index contributed by atoms with van der Waals surface area (Å²) in [6, 6.07) is 14.5. The third-order valence-electron chi connectivity index (χ3n) is 5.13. The van der Waals surface area contributed by atoms with Crippen LogP contribution in [-0.4, -0.2) is 27.5 Å². The molecule has 138 valence electrons. The summed E-state index contributed by atoms with van der Waals surface area (Å²) in [6.07, 6.45) is 0.417. The van der Waals surface area contributed by atoms with E-state index in [9.17, 15) is 4.79 Å². The fourth-order valence-electron chi connectivity index (χ4n) is 3.49. The van der Waals surface area contributed by atoms with Crippen LogP contribution in [0.5, 0.6) is 0 Å². The van der Waals surface area contributed by atoms with Gasteiger partial charge >= 0.3 is 0 Å². The summed E-state index contributed by atoms with van der Waals surface area (Å²) in [4.78, 5) is 18.9. The van der Waals surface area contributed by atoms with Crippen molar-refractivity contribution < 1.29 is 9.32 Å². The first-order chi connectivity index (χ1) is 13.0. The van der Waals surface area contributed by atoms with Crippen molar-refractivity contribution in [2.24, 2.45) is 0 Å². The molecule has 0 spiro atoms. The standard InChI is InChI=1S/C22H23N3O2/c1-14-5-8-17(9-6-14)12-25-13-18(11-20(25)26)22-23-21(24-27-22)19-10-15(2)4-7-16(19)3/h4-10,18H,11-13H2,1-3H3. The van der Waals surface area contributed by atoms with Crippen molar-refractivity contribution in [1.82, 2.24) is 15.0 Å². The molecule has 5 nitrogen and oxygen atoms in total. The molecule has 2 aromatic carbocycles. The number of carbonyl (C=O) groups excluding carboxylic acids is 1. The first-order valence-corrected chi connectivity index (χ1v) is 9.24. The van der Waals surface area contributed by atoms with Gasteiger partial charge in [-0.25, -0.2) is 0 Å². The molecule has 1 atom stereocenters. The van der Waals surface area contributed by atoms with Gasteiger partial charge < -0.3 is 9.42 Å². The van der Waals surface area contributed by atoms with Crippen LogP contribution in [0, 0.1) is 20.8 Å². The number of likely N-dealkylation sites (tertiary alicyclic amines) is 1. The summed E-state index contributed by atoms with van der Waals surface area (Å²) in [7, 11) is 0. The number of hydrogen-bond acceptors (Lipinski definition) is 4. The number of nitrogens with zero attached hydrogens (tertiary/aromatic N) is 3. The predicted octanol–water partition coefficient (Wildman–Crippen LogP) is 4.18. The molecule has 1 unspecified atom stereocenters. The van der Waals surface area contributed by atoms with Crippen LogP contribution in [-0.2, 0) is 11.3 Å². The first-order valence-electron chi connectivity index (χ1n) is 9.24. The second-order valence-corrected chi connectivity index (χ2v) is 7.44. The molecular weight excluding hydrogens is 338 g/mol. The zero-order chi connectivity index (χ0) is 19.0. The lowest BCUT2D eigenvalue weighted by Crippen LogP contribution is -2.24. The zero-order valence-electron chi connectivity index (χ0n) is 15.9. The van der Waals surface area contributed by atoms with Gasteiger partial charge in [-0.1, -0.05) is 52.7 Å². The van der Waals surface area contributed by atoms with Gasteiger partial charge in [0.2, 0.25) is 17.6 Å². The minimum atomic E-state index is -0.0469. The van der Waals surface area contributed by atoms with Crippen molar-refractivity contribution in [3.63, 3.8) is 0 Å².